The molecule has 538 valence electrons. The van der Waals surface area contributed by atoms with Crippen LogP contribution in [0.5, 0.6) is 0 Å². The van der Waals surface area contributed by atoms with Crippen LogP contribution in [0.1, 0.15) is 30.5 Å². The molecule has 19 aromatic rings. The Kier molecular flexibility index (Phi) is 20.5. The Balaban J connectivity index is 0.000000111. The number of rotatable bonds is 12. The summed E-state index contributed by atoms with van der Waals surface area (Å²) >= 11 is 10.6. The van der Waals surface area contributed by atoms with Gasteiger partial charge in [0.25, 0.3) is 0 Å². The molecule has 1 aliphatic rings. The Morgan fingerprint density at radius 3 is 0.964 bits per heavy atom. The Labute approximate surface area is 677 Å². The molecule has 4 nitrogen and oxygen atoms in total. The molecule has 3 heterocycles. The summed E-state index contributed by atoms with van der Waals surface area (Å²) in [5.41, 5.74) is 32.3. The van der Waals surface area contributed by atoms with Crippen molar-refractivity contribution in [3.8, 4) is 89.0 Å². The maximum Gasteiger partial charge on any atom is 0.135 e. The van der Waals surface area contributed by atoms with Gasteiger partial charge in [0.15, 0.2) is 0 Å². The van der Waals surface area contributed by atoms with Crippen molar-refractivity contribution in [3.05, 3.63) is 425 Å². The second kappa shape index (κ2) is 31.8. The maximum atomic E-state index is 6.00. The molecule has 3 aromatic heterocycles. The van der Waals surface area contributed by atoms with Crippen LogP contribution in [-0.4, -0.2) is 0 Å². The van der Waals surface area contributed by atoms with E-state index in [1.165, 1.54) is 122 Å². The lowest BCUT2D eigenvalue weighted by atomic mass is 9.81. The van der Waals surface area contributed by atoms with Crippen LogP contribution >= 0.6 is 47.8 Å². The van der Waals surface area contributed by atoms with Crippen molar-refractivity contribution in [2.45, 2.75) is 19.3 Å². The molecule has 0 fully saturated rings. The molecule has 1 N–H and O–H groups in total. The minimum absolute atomic E-state index is 0.0170. The molecular formula is C105H74Br3NO3. The summed E-state index contributed by atoms with van der Waals surface area (Å²) in [6, 6.07) is 128. The lowest BCUT2D eigenvalue weighted by Crippen LogP contribution is -2.15. The van der Waals surface area contributed by atoms with Crippen LogP contribution in [0.3, 0.4) is 0 Å². The average Bonchev–Trinajstić information content (AvgIpc) is 1.58. The van der Waals surface area contributed by atoms with Crippen molar-refractivity contribution < 1.29 is 13.3 Å². The molecule has 20 rings (SSSR count). The maximum absolute atomic E-state index is 6.00. The summed E-state index contributed by atoms with van der Waals surface area (Å²) in [7, 11) is 0. The molecule has 7 heteroatoms. The average molecular weight is 1640 g/mol. The van der Waals surface area contributed by atoms with E-state index in [0.717, 1.165) is 80.2 Å². The summed E-state index contributed by atoms with van der Waals surface area (Å²) < 4.78 is 21.1. The summed E-state index contributed by atoms with van der Waals surface area (Å²) in [5.74, 6) is 0. The van der Waals surface area contributed by atoms with Crippen molar-refractivity contribution in [1.82, 2.24) is 0 Å². The van der Waals surface area contributed by atoms with Crippen molar-refractivity contribution in [1.29, 1.82) is 0 Å². The summed E-state index contributed by atoms with van der Waals surface area (Å²) in [6.07, 6.45) is 5.61. The number of anilines is 2. The van der Waals surface area contributed by atoms with E-state index in [1.807, 2.05) is 66.7 Å². The molecule has 0 bridgehead atoms. The first-order valence-electron chi connectivity index (χ1n) is 37.4. The minimum Gasteiger partial charge on any atom is -0.456 e. The van der Waals surface area contributed by atoms with E-state index < -0.39 is 0 Å². The molecule has 0 aliphatic heterocycles. The van der Waals surface area contributed by atoms with Crippen molar-refractivity contribution in [2.24, 2.45) is 0 Å². The Morgan fingerprint density at radius 1 is 0.277 bits per heavy atom. The van der Waals surface area contributed by atoms with Crippen molar-refractivity contribution >= 4 is 131 Å². The van der Waals surface area contributed by atoms with E-state index in [-0.39, 0.29) is 5.41 Å². The van der Waals surface area contributed by atoms with Gasteiger partial charge in [0.1, 0.15) is 33.5 Å². The topological polar surface area (TPSA) is 51.5 Å². The summed E-state index contributed by atoms with van der Waals surface area (Å²) in [5, 5.41) is 10.5. The lowest BCUT2D eigenvalue weighted by molar-refractivity contribution is 0.660. The highest BCUT2D eigenvalue weighted by molar-refractivity contribution is 9.11. The highest BCUT2D eigenvalue weighted by Gasteiger charge is 2.36. The van der Waals surface area contributed by atoms with E-state index in [0.29, 0.717) is 0 Å². The quantitative estimate of drug-likeness (QED) is 0.124. The third-order valence-electron chi connectivity index (χ3n) is 21.1. The molecular weight excluding hydrogens is 1560 g/mol. The van der Waals surface area contributed by atoms with E-state index in [2.05, 4.69) is 389 Å². The second-order valence-corrected chi connectivity index (χ2v) is 31.2. The van der Waals surface area contributed by atoms with Gasteiger partial charge in [-0.3, -0.25) is 0 Å². The fourth-order valence-electron chi connectivity index (χ4n) is 15.2. The van der Waals surface area contributed by atoms with Gasteiger partial charge >= 0.3 is 0 Å². The largest absolute Gasteiger partial charge is 0.456 e. The lowest BCUT2D eigenvalue weighted by Gasteiger charge is -2.22. The summed E-state index contributed by atoms with van der Waals surface area (Å²) in [4.78, 5) is 0. The number of hydrogen-bond acceptors (Lipinski definition) is 4. The molecule has 0 radical (unpaired) electrons. The molecule has 0 saturated carbocycles. The molecule has 112 heavy (non-hydrogen) atoms. The zero-order valence-corrected chi connectivity index (χ0v) is 66.4. The smallest absolute Gasteiger partial charge is 0.135 e. The predicted molar refractivity (Wildman–Crippen MR) is 484 cm³/mol. The van der Waals surface area contributed by atoms with Gasteiger partial charge in [-0.1, -0.05) is 336 Å². The Bertz CT molecular complexity index is 6690. The van der Waals surface area contributed by atoms with Crippen molar-refractivity contribution in [3.63, 3.8) is 0 Å². The predicted octanol–water partition coefficient (Wildman–Crippen LogP) is 32.2. The second-order valence-electron chi connectivity index (χ2n) is 28.5. The van der Waals surface area contributed by atoms with E-state index in [1.54, 1.807) is 6.08 Å². The monoisotopic (exact) mass is 1630 g/mol. The van der Waals surface area contributed by atoms with Crippen LogP contribution in [0.2, 0.25) is 0 Å². The van der Waals surface area contributed by atoms with Gasteiger partial charge in [-0.25, -0.2) is 0 Å². The van der Waals surface area contributed by atoms with Crippen LogP contribution in [-0.2, 0) is 5.41 Å². The van der Waals surface area contributed by atoms with Gasteiger partial charge in [0.05, 0.1) is 0 Å². The number of furan rings is 3. The number of para-hydroxylation sites is 3. The first kappa shape index (κ1) is 72.3. The Morgan fingerprint density at radius 2 is 0.562 bits per heavy atom. The third-order valence-corrected chi connectivity index (χ3v) is 22.7. The molecule has 0 spiro atoms. The van der Waals surface area contributed by atoms with Crippen LogP contribution in [0.15, 0.2) is 422 Å². The van der Waals surface area contributed by atoms with Gasteiger partial charge in [-0.15, -0.1) is 0 Å². The zero-order valence-electron chi connectivity index (χ0n) is 61.6. The van der Waals surface area contributed by atoms with Crippen LogP contribution in [0.4, 0.5) is 11.4 Å². The summed E-state index contributed by atoms with van der Waals surface area (Å²) in [6.45, 7) is 12.3. The van der Waals surface area contributed by atoms with Gasteiger partial charge in [0, 0.05) is 62.5 Å². The normalized spacial score (nSPS) is 12.0. The molecule has 16 aromatic carbocycles. The van der Waals surface area contributed by atoms with E-state index in [9.17, 15) is 0 Å². The molecule has 0 unspecified atom stereocenters. The van der Waals surface area contributed by atoms with Crippen molar-refractivity contribution in [2.75, 3.05) is 5.32 Å². The zero-order chi connectivity index (χ0) is 76.2. The van der Waals surface area contributed by atoms with Gasteiger partial charge in [-0.2, -0.15) is 0 Å². The number of hydrogen-bond donors (Lipinski definition) is 1. The SMILES string of the molecule is Brc1ccc(-c2ccc(-c3ccc4oc5ccccc5c4c3)cc2)cc1.Brc1ccc(-c2ccc3oc4ccccc4c3c2)cc1.C=C/C=C(\C=C)c1ccc(-c2ccc(Nc3ccc(-c4ccc(-c5ccccc5)cc4)cc3)cc2)cc1.CC1(C)c2cc(Br)ccc2-c2ccc(-c3ccc4oc5ccccc5c4c3)cc21. The fraction of sp³-hybridized carbons (Fsp3) is 0.0286. The first-order valence-corrected chi connectivity index (χ1v) is 39.7. The van der Waals surface area contributed by atoms with Crippen LogP contribution < -0.4 is 5.32 Å². The first-order chi connectivity index (χ1) is 54.8. The van der Waals surface area contributed by atoms with E-state index in [4.69, 9.17) is 13.3 Å². The molecule has 0 amide bonds. The highest BCUT2D eigenvalue weighted by Crippen LogP contribution is 2.51. The standard InChI is InChI=1S/C36H29N.C27H19BrO.C24H15BrO.C18H11BrO/c1-3-8-27(4-2)29-11-13-31(14-12-29)33-19-23-35(24-20-33)37-36-25-21-34(22-26-36)32-17-15-30(16-18-32)28-9-6-5-7-10-28;1-27(2)23-14-17(7-10-19(23)20-11-9-18(28)15-24(20)27)16-8-12-26-22(13-16)21-5-3-4-6-25(21)29-26;25-20-12-9-17(10-13-20)16-5-7-18(8-6-16)19-11-14-24-22(15-19)21-3-1-2-4-23(21)26-24;19-14-8-5-12(6-9-14)13-7-10-18-16(11-13)15-3-1-2-4-17(15)20-18/h3-26,37H,1-2H2;3-15H,1-2H3;1-15H;1-11H/b27-8+;;;. The molecule has 0 atom stereocenters. The van der Waals surface area contributed by atoms with Crippen LogP contribution in [0, 0.1) is 0 Å². The number of fused-ring (bicyclic) bond motifs is 12. The molecule has 0 saturated heterocycles. The van der Waals surface area contributed by atoms with Gasteiger partial charge < -0.3 is 18.6 Å². The number of nitrogens with one attached hydrogen (secondary N) is 1. The Hall–Kier alpha value is -12.6. The van der Waals surface area contributed by atoms with Gasteiger partial charge in [0.2, 0.25) is 0 Å². The number of allylic oxidation sites excluding steroid dienone is 4. The number of benzene rings is 16. The number of halogens is 3. The highest BCUT2D eigenvalue weighted by atomic mass is 79.9. The van der Waals surface area contributed by atoms with E-state index >= 15 is 0 Å². The molecule has 1 aliphatic carbocycles. The fourth-order valence-corrected chi connectivity index (χ4v) is 16.0. The van der Waals surface area contributed by atoms with Gasteiger partial charge in [-0.05, 0) is 233 Å². The minimum atomic E-state index is -0.0170. The third kappa shape index (κ3) is 15.1. The van der Waals surface area contributed by atoms with Crippen LogP contribution in [0.25, 0.3) is 160 Å².